The highest BCUT2D eigenvalue weighted by Gasteiger charge is 2.16. The highest BCUT2D eigenvalue weighted by Crippen LogP contribution is 2.39. The number of fused-ring (bicyclic) bond motifs is 10. The van der Waals surface area contributed by atoms with E-state index in [1.807, 2.05) is 6.07 Å². The molecule has 9 aromatic rings. The predicted octanol–water partition coefficient (Wildman–Crippen LogP) is 13.5. The Morgan fingerprint density at radius 2 is 0.961 bits per heavy atom. The van der Waals surface area contributed by atoms with Crippen LogP contribution in [0.1, 0.15) is 19.1 Å². The van der Waals surface area contributed by atoms with E-state index in [0.29, 0.717) is 6.54 Å². The second-order valence-corrected chi connectivity index (χ2v) is 13.1. The number of benzene rings is 7. The molecule has 0 N–H and O–H groups in total. The minimum absolute atomic E-state index is 0.581. The molecule has 3 nitrogen and oxygen atoms in total. The van der Waals surface area contributed by atoms with Crippen molar-refractivity contribution in [1.82, 2.24) is 0 Å². The zero-order valence-corrected chi connectivity index (χ0v) is 28.6. The van der Waals surface area contributed by atoms with Gasteiger partial charge in [0.05, 0.1) is 6.54 Å². The Balaban J connectivity index is 1.17. The molecule has 1 aromatic heterocycles. The van der Waals surface area contributed by atoms with E-state index in [9.17, 15) is 0 Å². The van der Waals surface area contributed by atoms with E-state index >= 15 is 0 Å². The zero-order chi connectivity index (χ0) is 34.1. The first-order valence-corrected chi connectivity index (χ1v) is 17.8. The summed E-state index contributed by atoms with van der Waals surface area (Å²) < 4.78 is 13.3. The summed E-state index contributed by atoms with van der Waals surface area (Å²) in [6.45, 7) is 3.68. The van der Waals surface area contributed by atoms with Crippen LogP contribution in [-0.2, 0) is 6.54 Å². The van der Waals surface area contributed by atoms with Crippen molar-refractivity contribution in [1.29, 1.82) is 0 Å². The molecule has 0 bridgehead atoms. The van der Waals surface area contributed by atoms with Gasteiger partial charge in [0.15, 0.2) is 16.9 Å². The fourth-order valence-corrected chi connectivity index (χ4v) is 7.66. The highest BCUT2D eigenvalue weighted by atomic mass is 16.4. The molecule has 0 radical (unpaired) electrons. The summed E-state index contributed by atoms with van der Waals surface area (Å²) in [5.41, 5.74) is 7.50. The molecule has 1 heterocycles. The van der Waals surface area contributed by atoms with Crippen molar-refractivity contribution in [3.63, 3.8) is 0 Å². The third kappa shape index (κ3) is 5.57. The second kappa shape index (κ2) is 13.2. The second-order valence-electron chi connectivity index (χ2n) is 13.1. The van der Waals surface area contributed by atoms with Gasteiger partial charge in [-0.25, -0.2) is 0 Å². The topological polar surface area (TPSA) is 29.5 Å². The van der Waals surface area contributed by atoms with Crippen molar-refractivity contribution in [2.75, 3.05) is 11.4 Å². The zero-order valence-electron chi connectivity index (χ0n) is 28.6. The van der Waals surface area contributed by atoms with Crippen molar-refractivity contribution in [2.45, 2.75) is 19.9 Å². The third-order valence-corrected chi connectivity index (χ3v) is 9.99. The van der Waals surface area contributed by atoms with E-state index in [1.54, 1.807) is 6.26 Å². The number of nitrogens with zero attached hydrogens (tertiary/aromatic N) is 1. The molecule has 246 valence electrons. The van der Waals surface area contributed by atoms with Gasteiger partial charge in [0.1, 0.15) is 6.26 Å². The Bertz CT molecular complexity index is 2680. The molecule has 0 atom stereocenters. The van der Waals surface area contributed by atoms with Crippen LogP contribution in [0.3, 0.4) is 0 Å². The largest absolute Gasteiger partial charge is 0.457 e. The lowest BCUT2D eigenvalue weighted by molar-refractivity contribution is 0.461. The van der Waals surface area contributed by atoms with Gasteiger partial charge in [-0.2, -0.15) is 0 Å². The van der Waals surface area contributed by atoms with E-state index in [2.05, 4.69) is 170 Å². The predicted molar refractivity (Wildman–Crippen MR) is 215 cm³/mol. The maximum Gasteiger partial charge on any atom is 0.178 e. The maximum atomic E-state index is 6.94. The van der Waals surface area contributed by atoms with Crippen molar-refractivity contribution in [3.05, 3.63) is 176 Å². The normalized spacial score (nSPS) is 11.5. The molecule has 51 heavy (non-hydrogen) atoms. The number of rotatable bonds is 7. The summed E-state index contributed by atoms with van der Waals surface area (Å²) in [6, 6.07) is 58.4. The van der Waals surface area contributed by atoms with Crippen LogP contribution in [0.25, 0.3) is 76.5 Å². The fraction of sp³-hybridized carbons (Fsp3) is 0.0833. The van der Waals surface area contributed by atoms with E-state index in [4.69, 9.17) is 8.83 Å². The van der Waals surface area contributed by atoms with E-state index in [0.717, 1.165) is 51.7 Å². The van der Waals surface area contributed by atoms with E-state index in [1.165, 1.54) is 49.2 Å². The summed E-state index contributed by atoms with van der Waals surface area (Å²) in [7, 11) is 0. The quantitative estimate of drug-likeness (QED) is 0.171. The Morgan fingerprint density at radius 3 is 1.55 bits per heavy atom. The van der Waals surface area contributed by atoms with Crippen LogP contribution in [0.2, 0.25) is 0 Å². The number of hydrogen-bond donors (Lipinski definition) is 0. The van der Waals surface area contributed by atoms with Crippen LogP contribution in [0, 0.1) is 0 Å². The summed E-state index contributed by atoms with van der Waals surface area (Å²) >= 11 is 0. The molecule has 0 unspecified atom stereocenters. The third-order valence-electron chi connectivity index (χ3n) is 9.99. The minimum Gasteiger partial charge on any atom is -0.457 e. The van der Waals surface area contributed by atoms with Crippen LogP contribution >= 0.6 is 0 Å². The van der Waals surface area contributed by atoms with Crippen molar-refractivity contribution in [2.24, 2.45) is 0 Å². The SMILES string of the molecule is CCCN(Cc1coc2ccc3c4ccccc4c4ccccc4c4ccccc4c3c2o1)c1ccc(-c2ccccc2-c2ccccc2)cc1. The molecule has 0 aliphatic heterocycles. The van der Waals surface area contributed by atoms with Gasteiger partial charge in [-0.05, 0) is 90.6 Å². The molecule has 0 aliphatic rings. The van der Waals surface area contributed by atoms with E-state index in [-0.39, 0.29) is 0 Å². The first kappa shape index (κ1) is 30.7. The Hall–Kier alpha value is -6.32. The molecule has 0 amide bonds. The number of anilines is 1. The Morgan fingerprint density at radius 1 is 0.471 bits per heavy atom. The molecule has 0 aliphatic carbocycles. The lowest BCUT2D eigenvalue weighted by Crippen LogP contribution is -2.23. The van der Waals surface area contributed by atoms with Gasteiger partial charge in [-0.1, -0.05) is 146 Å². The molecule has 3 heteroatoms. The molecular formula is C48H37NO2. The average Bonchev–Trinajstić information content (AvgIpc) is 3.20. The molecule has 0 fully saturated rings. The number of hydrogen-bond acceptors (Lipinski definition) is 3. The van der Waals surface area contributed by atoms with Gasteiger partial charge in [-0.3, -0.25) is 0 Å². The molecular weight excluding hydrogens is 623 g/mol. The Kier molecular flexibility index (Phi) is 7.94. The fourth-order valence-electron chi connectivity index (χ4n) is 7.66. The van der Waals surface area contributed by atoms with Gasteiger partial charge in [0.25, 0.3) is 0 Å². The van der Waals surface area contributed by atoms with Crippen molar-refractivity contribution >= 4 is 59.9 Å². The monoisotopic (exact) mass is 659 g/mol. The molecule has 9 rings (SSSR count). The van der Waals surface area contributed by atoms with Crippen LogP contribution in [-0.4, -0.2) is 6.54 Å². The summed E-state index contributed by atoms with van der Waals surface area (Å²) in [5, 5.41) is 9.32. The van der Waals surface area contributed by atoms with Gasteiger partial charge in [0, 0.05) is 17.6 Å². The summed E-state index contributed by atoms with van der Waals surface area (Å²) in [6.07, 6.45) is 2.78. The smallest absolute Gasteiger partial charge is 0.178 e. The average molecular weight is 660 g/mol. The van der Waals surface area contributed by atoms with Gasteiger partial charge >= 0.3 is 0 Å². The summed E-state index contributed by atoms with van der Waals surface area (Å²) in [4.78, 5) is 2.37. The standard InChI is InChI=1S/C48H37NO2/c1-2-30-49(35-26-24-34(25-27-35)38-17-7-6-16-37(38)33-14-4-3-5-15-33)31-36-32-50-46-29-28-45-43-22-11-10-20-41(43)39-18-8-9-19-40(39)42-21-12-13-23-44(42)47(45)48(46)51-36/h3-29,32H,2,30-31H2,1H3. The molecule has 0 saturated carbocycles. The molecule has 0 saturated heterocycles. The molecule has 8 aromatic carbocycles. The van der Waals surface area contributed by atoms with Gasteiger partial charge in [0.2, 0.25) is 0 Å². The van der Waals surface area contributed by atoms with Crippen LogP contribution in [0.15, 0.2) is 179 Å². The van der Waals surface area contributed by atoms with Gasteiger partial charge < -0.3 is 13.7 Å². The van der Waals surface area contributed by atoms with E-state index < -0.39 is 0 Å². The van der Waals surface area contributed by atoms with Gasteiger partial charge in [-0.15, -0.1) is 0 Å². The first-order chi connectivity index (χ1) is 25.3. The lowest BCUT2D eigenvalue weighted by Gasteiger charge is -2.24. The molecule has 0 spiro atoms. The maximum absolute atomic E-state index is 6.94. The van der Waals surface area contributed by atoms with Crippen LogP contribution in [0.4, 0.5) is 5.69 Å². The van der Waals surface area contributed by atoms with Crippen molar-refractivity contribution < 1.29 is 8.83 Å². The van der Waals surface area contributed by atoms with Crippen LogP contribution in [0.5, 0.6) is 0 Å². The highest BCUT2D eigenvalue weighted by molar-refractivity contribution is 6.29. The van der Waals surface area contributed by atoms with Crippen molar-refractivity contribution in [3.8, 4) is 22.3 Å². The summed E-state index contributed by atoms with van der Waals surface area (Å²) in [5.74, 6) is 0.774. The lowest BCUT2D eigenvalue weighted by atomic mass is 9.94. The first-order valence-electron chi connectivity index (χ1n) is 17.8. The van der Waals surface area contributed by atoms with Crippen LogP contribution < -0.4 is 4.90 Å². The minimum atomic E-state index is 0.581. The Labute approximate surface area is 297 Å².